The second-order valence-corrected chi connectivity index (χ2v) is 4.33. The molecule has 1 aliphatic heterocycles. The van der Waals surface area contributed by atoms with E-state index in [2.05, 4.69) is 5.32 Å². The maximum Gasteiger partial charge on any atom is 0.156 e. The lowest BCUT2D eigenvalue weighted by Gasteiger charge is -2.36. The molecule has 0 unspecified atom stereocenters. The molecule has 0 aromatic heterocycles. The van der Waals surface area contributed by atoms with Crippen LogP contribution in [0.15, 0.2) is 30.3 Å². The van der Waals surface area contributed by atoms with Crippen LogP contribution in [0.25, 0.3) is 0 Å². The maximum absolute atomic E-state index is 12.1. The minimum Gasteiger partial charge on any atom is -0.324 e. The number of hydrogen-bond acceptors (Lipinski definition) is 3. The van der Waals surface area contributed by atoms with Gasteiger partial charge < -0.3 is 11.1 Å². The predicted octanol–water partition coefficient (Wildman–Crippen LogP) is 0.836. The van der Waals surface area contributed by atoms with E-state index >= 15 is 0 Å². The normalized spacial score (nSPS) is 19.3. The molecule has 1 fully saturated rings. The average molecular weight is 218 g/mol. The third-order valence-corrected chi connectivity index (χ3v) is 3.50. The van der Waals surface area contributed by atoms with Crippen molar-refractivity contribution in [2.75, 3.05) is 19.6 Å². The van der Waals surface area contributed by atoms with Gasteiger partial charge in [0.2, 0.25) is 0 Å². The molecule has 3 heteroatoms. The first-order chi connectivity index (χ1) is 7.79. The van der Waals surface area contributed by atoms with Gasteiger partial charge in [-0.05, 0) is 31.5 Å². The summed E-state index contributed by atoms with van der Waals surface area (Å²) in [6.45, 7) is 1.91. The fraction of sp³-hybridized carbons (Fsp3) is 0.462. The van der Waals surface area contributed by atoms with Gasteiger partial charge in [0, 0.05) is 0 Å². The Morgan fingerprint density at radius 2 is 1.88 bits per heavy atom. The van der Waals surface area contributed by atoms with Gasteiger partial charge in [0.25, 0.3) is 0 Å². The van der Waals surface area contributed by atoms with Crippen LogP contribution in [0.3, 0.4) is 0 Å². The minimum absolute atomic E-state index is 0.134. The van der Waals surface area contributed by atoms with E-state index in [0.717, 1.165) is 31.5 Å². The highest BCUT2D eigenvalue weighted by atomic mass is 16.1. The smallest absolute Gasteiger partial charge is 0.156 e. The molecule has 3 nitrogen and oxygen atoms in total. The summed E-state index contributed by atoms with van der Waals surface area (Å²) in [7, 11) is 0. The molecule has 0 aliphatic carbocycles. The van der Waals surface area contributed by atoms with E-state index in [-0.39, 0.29) is 17.7 Å². The fourth-order valence-corrected chi connectivity index (χ4v) is 2.53. The first-order valence-corrected chi connectivity index (χ1v) is 5.79. The monoisotopic (exact) mass is 218 g/mol. The van der Waals surface area contributed by atoms with Gasteiger partial charge in [-0.15, -0.1) is 0 Å². The second-order valence-electron chi connectivity index (χ2n) is 4.33. The highest BCUT2D eigenvalue weighted by Crippen LogP contribution is 2.34. The molecule has 3 N–H and O–H groups in total. The van der Waals surface area contributed by atoms with E-state index in [0.29, 0.717) is 0 Å². The summed E-state index contributed by atoms with van der Waals surface area (Å²) in [5, 5.41) is 3.30. The summed E-state index contributed by atoms with van der Waals surface area (Å²) in [6.07, 6.45) is 1.71. The quantitative estimate of drug-likeness (QED) is 0.790. The zero-order chi connectivity index (χ0) is 11.4. The Morgan fingerprint density at radius 3 is 2.44 bits per heavy atom. The number of Topliss-reactive ketones (excluding diaryl/α,β-unsaturated/α-hetero) is 1. The van der Waals surface area contributed by atoms with Gasteiger partial charge in [0.15, 0.2) is 5.78 Å². The second kappa shape index (κ2) is 4.76. The zero-order valence-electron chi connectivity index (χ0n) is 9.41. The number of hydrogen-bond donors (Lipinski definition) is 2. The zero-order valence-corrected chi connectivity index (χ0v) is 9.41. The van der Waals surface area contributed by atoms with Crippen LogP contribution in [0.4, 0.5) is 0 Å². The molecule has 86 valence electrons. The van der Waals surface area contributed by atoms with Crippen molar-refractivity contribution >= 4 is 5.78 Å². The number of nitrogens with one attached hydrogen (secondary N) is 1. The molecule has 16 heavy (non-hydrogen) atoms. The molecule has 0 bridgehead atoms. The Morgan fingerprint density at radius 1 is 1.25 bits per heavy atom. The molecule has 1 aromatic carbocycles. The van der Waals surface area contributed by atoms with Crippen molar-refractivity contribution in [1.82, 2.24) is 5.32 Å². The summed E-state index contributed by atoms with van der Waals surface area (Å²) < 4.78 is 0. The number of nitrogens with two attached hydrogens (primary N) is 1. The summed E-state index contributed by atoms with van der Waals surface area (Å²) >= 11 is 0. The van der Waals surface area contributed by atoms with Crippen molar-refractivity contribution in [1.29, 1.82) is 0 Å². The van der Waals surface area contributed by atoms with Crippen molar-refractivity contribution in [2.45, 2.75) is 18.3 Å². The highest BCUT2D eigenvalue weighted by molar-refractivity contribution is 5.91. The summed E-state index contributed by atoms with van der Waals surface area (Å²) in [5.41, 5.74) is 6.33. The maximum atomic E-state index is 12.1. The van der Waals surface area contributed by atoms with Crippen molar-refractivity contribution in [3.8, 4) is 0 Å². The Labute approximate surface area is 96.0 Å². The molecule has 1 aliphatic rings. The van der Waals surface area contributed by atoms with Crippen LogP contribution < -0.4 is 11.1 Å². The molecule has 0 atom stereocenters. The Hall–Kier alpha value is -1.19. The Bertz CT molecular complexity index is 355. The molecular formula is C13H18N2O. The largest absolute Gasteiger partial charge is 0.324 e. The van der Waals surface area contributed by atoms with Crippen molar-refractivity contribution in [2.24, 2.45) is 5.73 Å². The van der Waals surface area contributed by atoms with Gasteiger partial charge in [0.05, 0.1) is 12.0 Å². The first-order valence-electron chi connectivity index (χ1n) is 5.79. The van der Waals surface area contributed by atoms with Crippen molar-refractivity contribution in [3.63, 3.8) is 0 Å². The standard InChI is InChI=1S/C13H18N2O/c14-10-12(16)13(6-8-15-9-7-13)11-4-2-1-3-5-11/h1-5,15H,6-10,14H2. The van der Waals surface area contributed by atoms with Gasteiger partial charge in [-0.1, -0.05) is 30.3 Å². The minimum atomic E-state index is -0.346. The lowest BCUT2D eigenvalue weighted by molar-refractivity contribution is -0.124. The molecule has 0 saturated carbocycles. The molecule has 1 aromatic rings. The lowest BCUT2D eigenvalue weighted by Crippen LogP contribution is -2.47. The third kappa shape index (κ3) is 1.88. The Kier molecular flexibility index (Phi) is 3.36. The molecule has 0 radical (unpaired) electrons. The van der Waals surface area contributed by atoms with Crippen LogP contribution in [0.1, 0.15) is 18.4 Å². The van der Waals surface area contributed by atoms with Crippen LogP contribution in [0, 0.1) is 0 Å². The van der Waals surface area contributed by atoms with Crippen LogP contribution in [0.5, 0.6) is 0 Å². The lowest BCUT2D eigenvalue weighted by atomic mass is 9.70. The number of piperidine rings is 1. The average Bonchev–Trinajstić information content (AvgIpc) is 2.39. The fourth-order valence-electron chi connectivity index (χ4n) is 2.53. The van der Waals surface area contributed by atoms with Gasteiger partial charge in [-0.3, -0.25) is 4.79 Å². The van der Waals surface area contributed by atoms with E-state index in [1.165, 1.54) is 0 Å². The van der Waals surface area contributed by atoms with Gasteiger partial charge in [-0.25, -0.2) is 0 Å². The SMILES string of the molecule is NCC(=O)C1(c2ccccc2)CCNCC1. The van der Waals surface area contributed by atoms with Crippen molar-refractivity contribution < 1.29 is 4.79 Å². The van der Waals surface area contributed by atoms with Gasteiger partial charge in [-0.2, -0.15) is 0 Å². The molecule has 0 amide bonds. The topological polar surface area (TPSA) is 55.1 Å². The number of ketones is 1. The molecule has 1 saturated heterocycles. The molecular weight excluding hydrogens is 200 g/mol. The van der Waals surface area contributed by atoms with E-state index < -0.39 is 0 Å². The van der Waals surface area contributed by atoms with E-state index in [1.807, 2.05) is 30.3 Å². The first kappa shape index (κ1) is 11.3. The number of carbonyl (C=O) groups is 1. The number of benzene rings is 1. The molecule has 2 rings (SSSR count). The number of rotatable bonds is 3. The summed E-state index contributed by atoms with van der Waals surface area (Å²) in [4.78, 5) is 12.1. The van der Waals surface area contributed by atoms with E-state index in [9.17, 15) is 4.79 Å². The van der Waals surface area contributed by atoms with Crippen LogP contribution >= 0.6 is 0 Å². The van der Waals surface area contributed by atoms with Crippen LogP contribution in [0.2, 0.25) is 0 Å². The van der Waals surface area contributed by atoms with Crippen molar-refractivity contribution in [3.05, 3.63) is 35.9 Å². The third-order valence-electron chi connectivity index (χ3n) is 3.50. The van der Waals surface area contributed by atoms with E-state index in [1.54, 1.807) is 0 Å². The van der Waals surface area contributed by atoms with Gasteiger partial charge in [0.1, 0.15) is 0 Å². The van der Waals surface area contributed by atoms with Crippen LogP contribution in [-0.2, 0) is 10.2 Å². The molecule has 0 spiro atoms. The summed E-state index contributed by atoms with van der Waals surface area (Å²) in [6, 6.07) is 10.0. The molecule has 1 heterocycles. The highest BCUT2D eigenvalue weighted by Gasteiger charge is 2.39. The van der Waals surface area contributed by atoms with E-state index in [4.69, 9.17) is 5.73 Å². The van der Waals surface area contributed by atoms with Gasteiger partial charge >= 0.3 is 0 Å². The predicted molar refractivity (Wildman–Crippen MR) is 64.3 cm³/mol. The summed E-state index contributed by atoms with van der Waals surface area (Å²) in [5.74, 6) is 0.167. The van der Waals surface area contributed by atoms with Crippen LogP contribution in [-0.4, -0.2) is 25.4 Å². The number of carbonyl (C=O) groups excluding carboxylic acids is 1. The Balaban J connectivity index is 2.38.